The first-order valence-electron chi connectivity index (χ1n) is 8.19. The maximum atomic E-state index is 12.4. The molecule has 7 nitrogen and oxygen atoms in total. The van der Waals surface area contributed by atoms with Crippen molar-refractivity contribution in [3.05, 3.63) is 59.7 Å². The van der Waals surface area contributed by atoms with Gasteiger partial charge in [-0.15, -0.1) is 10.2 Å². The summed E-state index contributed by atoms with van der Waals surface area (Å²) in [6.45, 7) is 3.98. The Morgan fingerprint density at radius 1 is 1.27 bits per heavy atom. The molecule has 1 aromatic carbocycles. The summed E-state index contributed by atoms with van der Waals surface area (Å²) in [5, 5.41) is 16.7. The first-order chi connectivity index (χ1) is 12.7. The molecule has 0 saturated carbocycles. The highest BCUT2D eigenvalue weighted by atomic mass is 32.1. The summed E-state index contributed by atoms with van der Waals surface area (Å²) in [5.41, 5.74) is 3.17. The predicted molar refractivity (Wildman–Crippen MR) is 100 cm³/mol. The third-order valence-electron chi connectivity index (χ3n) is 4.03. The van der Waals surface area contributed by atoms with Crippen molar-refractivity contribution in [2.75, 3.05) is 5.32 Å². The largest absolute Gasteiger partial charge is 0.322 e. The maximum absolute atomic E-state index is 12.4. The Balaban J connectivity index is 1.67. The number of amides is 1. The molecule has 0 radical (unpaired) electrons. The zero-order valence-corrected chi connectivity index (χ0v) is 15.1. The quantitative estimate of drug-likeness (QED) is 0.600. The molecule has 0 spiro atoms. The highest BCUT2D eigenvalue weighted by molar-refractivity contribution is 7.19. The van der Waals surface area contributed by atoms with Crippen molar-refractivity contribution in [2.24, 2.45) is 0 Å². The van der Waals surface area contributed by atoms with Gasteiger partial charge in [-0.05, 0) is 30.7 Å². The van der Waals surface area contributed by atoms with Crippen LogP contribution in [-0.4, -0.2) is 30.7 Å². The second-order valence-corrected chi connectivity index (χ2v) is 6.75. The average molecular weight is 364 g/mol. The lowest BCUT2D eigenvalue weighted by Crippen LogP contribution is -2.13. The van der Waals surface area contributed by atoms with Crippen molar-refractivity contribution in [3.63, 3.8) is 0 Å². The van der Waals surface area contributed by atoms with Crippen molar-refractivity contribution >= 4 is 27.9 Å². The first-order valence-corrected chi connectivity index (χ1v) is 9.01. The van der Waals surface area contributed by atoms with E-state index in [0.29, 0.717) is 5.56 Å². The van der Waals surface area contributed by atoms with Crippen molar-refractivity contribution in [1.29, 1.82) is 0 Å². The fraction of sp³-hybridized carbons (Fsp3) is 0.167. The van der Waals surface area contributed by atoms with E-state index < -0.39 is 0 Å². The first kappa shape index (κ1) is 16.3. The number of aromatic nitrogens is 5. The third kappa shape index (κ3) is 2.95. The molecule has 26 heavy (non-hydrogen) atoms. The zero-order chi connectivity index (χ0) is 18.1. The molecule has 8 heteroatoms. The molecule has 1 amide bonds. The standard InChI is InChI=1S/C18H16N6OS/c1-3-15-21-22-18-24(15)23-17(26-18)12-7-6-11(2)14(9-12)20-16(25)13-5-4-8-19-10-13/h4-10H,3H2,1-2H3,(H,20,25). The SMILES string of the molecule is CCc1nnc2sc(-c3ccc(C)c(NC(=O)c4cccnc4)c3)nn12. The fourth-order valence-corrected chi connectivity index (χ4v) is 3.43. The van der Waals surface area contributed by atoms with E-state index in [1.165, 1.54) is 11.3 Å². The van der Waals surface area contributed by atoms with E-state index in [9.17, 15) is 4.79 Å². The van der Waals surface area contributed by atoms with E-state index >= 15 is 0 Å². The lowest BCUT2D eigenvalue weighted by Gasteiger charge is -2.09. The number of hydrogen-bond donors (Lipinski definition) is 1. The minimum absolute atomic E-state index is 0.190. The van der Waals surface area contributed by atoms with Crippen LogP contribution in [0.3, 0.4) is 0 Å². The highest BCUT2D eigenvalue weighted by Crippen LogP contribution is 2.29. The van der Waals surface area contributed by atoms with Crippen molar-refractivity contribution in [1.82, 2.24) is 24.8 Å². The number of benzene rings is 1. The molecule has 0 saturated heterocycles. The summed E-state index contributed by atoms with van der Waals surface area (Å²) < 4.78 is 1.77. The van der Waals surface area contributed by atoms with Crippen molar-refractivity contribution in [2.45, 2.75) is 20.3 Å². The topological polar surface area (TPSA) is 85.1 Å². The molecule has 1 N–H and O–H groups in total. The second kappa shape index (κ2) is 6.64. The van der Waals surface area contributed by atoms with E-state index in [1.807, 2.05) is 32.0 Å². The Morgan fingerprint density at radius 2 is 2.15 bits per heavy atom. The van der Waals surface area contributed by atoms with Crippen LogP contribution in [0.25, 0.3) is 15.5 Å². The summed E-state index contributed by atoms with van der Waals surface area (Å²) >= 11 is 1.47. The monoisotopic (exact) mass is 364 g/mol. The zero-order valence-electron chi connectivity index (χ0n) is 14.3. The highest BCUT2D eigenvalue weighted by Gasteiger charge is 2.14. The number of carbonyl (C=O) groups excluding carboxylic acids is 1. The van der Waals surface area contributed by atoms with Gasteiger partial charge in [0.05, 0.1) is 5.56 Å². The summed E-state index contributed by atoms with van der Waals surface area (Å²) in [6.07, 6.45) is 3.95. The average Bonchev–Trinajstić information content (AvgIpc) is 3.24. The van der Waals surface area contributed by atoms with Gasteiger partial charge in [-0.25, -0.2) is 0 Å². The minimum Gasteiger partial charge on any atom is -0.322 e. The Hall–Kier alpha value is -3.13. The predicted octanol–water partition coefficient (Wildman–Crippen LogP) is 3.37. The lowest BCUT2D eigenvalue weighted by molar-refractivity contribution is 0.102. The van der Waals surface area contributed by atoms with Crippen LogP contribution in [0, 0.1) is 6.92 Å². The molecule has 0 unspecified atom stereocenters. The van der Waals surface area contributed by atoms with Crippen LogP contribution in [0.1, 0.15) is 28.7 Å². The number of fused-ring (bicyclic) bond motifs is 1. The fourth-order valence-electron chi connectivity index (χ4n) is 2.58. The molecule has 4 rings (SSSR count). The van der Waals surface area contributed by atoms with Gasteiger partial charge in [0.2, 0.25) is 4.96 Å². The molecule has 0 atom stereocenters. The van der Waals surface area contributed by atoms with Crippen LogP contribution in [0.4, 0.5) is 5.69 Å². The lowest BCUT2D eigenvalue weighted by atomic mass is 10.1. The van der Waals surface area contributed by atoms with Gasteiger partial charge in [0.1, 0.15) is 5.01 Å². The smallest absolute Gasteiger partial charge is 0.257 e. The van der Waals surface area contributed by atoms with Crippen LogP contribution in [0.15, 0.2) is 42.7 Å². The molecule has 3 aromatic heterocycles. The Labute approximate surface area is 153 Å². The van der Waals surface area contributed by atoms with Gasteiger partial charge < -0.3 is 5.32 Å². The van der Waals surface area contributed by atoms with Crippen LogP contribution in [0.2, 0.25) is 0 Å². The van der Waals surface area contributed by atoms with Gasteiger partial charge in [0.25, 0.3) is 5.91 Å². The minimum atomic E-state index is -0.190. The van der Waals surface area contributed by atoms with E-state index in [2.05, 4.69) is 25.6 Å². The summed E-state index contributed by atoms with van der Waals surface area (Å²) in [7, 11) is 0. The van der Waals surface area contributed by atoms with E-state index in [-0.39, 0.29) is 5.91 Å². The van der Waals surface area contributed by atoms with Crippen LogP contribution in [0.5, 0.6) is 0 Å². The summed E-state index contributed by atoms with van der Waals surface area (Å²) in [6, 6.07) is 9.37. The number of nitrogens with one attached hydrogen (secondary N) is 1. The maximum Gasteiger partial charge on any atom is 0.257 e. The van der Waals surface area contributed by atoms with Gasteiger partial charge >= 0.3 is 0 Å². The number of nitrogens with zero attached hydrogens (tertiary/aromatic N) is 5. The number of pyridine rings is 1. The second-order valence-electron chi connectivity index (χ2n) is 5.80. The molecule has 0 aliphatic rings. The summed E-state index contributed by atoms with van der Waals surface area (Å²) in [5.74, 6) is 0.643. The van der Waals surface area contributed by atoms with Crippen LogP contribution < -0.4 is 5.32 Å². The Kier molecular flexibility index (Phi) is 4.18. The molecule has 0 fully saturated rings. The van der Waals surface area contributed by atoms with Crippen molar-refractivity contribution < 1.29 is 4.79 Å². The number of hydrogen-bond acceptors (Lipinski definition) is 6. The van der Waals surface area contributed by atoms with E-state index in [4.69, 9.17) is 0 Å². The van der Waals surface area contributed by atoms with Crippen molar-refractivity contribution in [3.8, 4) is 10.6 Å². The molecule has 0 aliphatic carbocycles. The normalized spacial score (nSPS) is 11.0. The number of anilines is 1. The molecular weight excluding hydrogens is 348 g/mol. The van der Waals surface area contributed by atoms with Gasteiger partial charge in [0, 0.05) is 30.1 Å². The Morgan fingerprint density at radius 3 is 2.92 bits per heavy atom. The molecular formula is C18H16N6OS. The number of carbonyl (C=O) groups is 1. The van der Waals surface area contributed by atoms with Crippen LogP contribution in [-0.2, 0) is 6.42 Å². The van der Waals surface area contributed by atoms with Gasteiger partial charge in [-0.2, -0.15) is 9.61 Å². The van der Waals surface area contributed by atoms with Gasteiger partial charge in [-0.1, -0.05) is 30.4 Å². The van der Waals surface area contributed by atoms with Gasteiger partial charge in [-0.3, -0.25) is 9.78 Å². The molecule has 4 aromatic rings. The van der Waals surface area contributed by atoms with Crippen LogP contribution >= 0.6 is 11.3 Å². The number of rotatable bonds is 4. The number of aryl methyl sites for hydroxylation is 2. The molecule has 0 aliphatic heterocycles. The summed E-state index contributed by atoms with van der Waals surface area (Å²) in [4.78, 5) is 17.2. The van der Waals surface area contributed by atoms with E-state index in [0.717, 1.165) is 39.0 Å². The molecule has 130 valence electrons. The van der Waals surface area contributed by atoms with Gasteiger partial charge in [0.15, 0.2) is 5.82 Å². The molecule has 3 heterocycles. The molecule has 0 bridgehead atoms. The van der Waals surface area contributed by atoms with E-state index in [1.54, 1.807) is 29.0 Å². The third-order valence-corrected chi connectivity index (χ3v) is 4.98. The Bertz CT molecular complexity index is 1090.